The molecule has 1 aliphatic heterocycles. The Hall–Kier alpha value is 0.0969. The van der Waals surface area contributed by atoms with E-state index >= 15 is 0 Å². The Morgan fingerprint density at radius 3 is 1.85 bits per heavy atom. The molecular weight excluding hydrogens is 266 g/mol. The minimum atomic E-state index is -2.29. The molecule has 4 atom stereocenters. The molecule has 1 saturated heterocycles. The topological polar surface area (TPSA) is 21.7 Å². The maximum Gasteiger partial charge on any atom is 0.431 e. The van der Waals surface area contributed by atoms with E-state index in [0.29, 0.717) is 17.6 Å². The van der Waals surface area contributed by atoms with Crippen LogP contribution in [0.4, 0.5) is 0 Å². The minimum Gasteiger partial charge on any atom is -0.383 e. The van der Waals surface area contributed by atoms with Crippen LogP contribution in [0.15, 0.2) is 0 Å². The van der Waals surface area contributed by atoms with Crippen LogP contribution in [-0.2, 0) is 8.85 Å². The average molecular weight is 300 g/mol. The van der Waals surface area contributed by atoms with E-state index < -0.39 is 8.72 Å². The first-order valence-electron chi connectivity index (χ1n) is 8.63. The summed E-state index contributed by atoms with van der Waals surface area (Å²) in [4.78, 5) is 0. The first-order valence-corrected chi connectivity index (χ1v) is 10.5. The van der Waals surface area contributed by atoms with Gasteiger partial charge in [-0.05, 0) is 52.9 Å². The summed E-state index contributed by atoms with van der Waals surface area (Å²) >= 11 is 0. The summed E-state index contributed by atoms with van der Waals surface area (Å²) < 4.78 is 15.7. The molecule has 0 aromatic rings. The minimum absolute atomic E-state index is 0.613. The van der Waals surface area contributed by atoms with Crippen molar-refractivity contribution in [1.82, 2.24) is 4.57 Å². The van der Waals surface area contributed by atoms with Crippen molar-refractivity contribution >= 4 is 8.72 Å². The van der Waals surface area contributed by atoms with E-state index in [4.69, 9.17) is 8.85 Å². The molecule has 1 heterocycles. The number of rotatable bonds is 6. The van der Waals surface area contributed by atoms with E-state index in [0.717, 1.165) is 19.1 Å². The number of nitrogens with zero attached hydrogens (tertiary/aromatic N) is 1. The zero-order chi connectivity index (χ0) is 14.8. The van der Waals surface area contributed by atoms with Crippen LogP contribution < -0.4 is 0 Å². The molecule has 2 aliphatic rings. The highest BCUT2D eigenvalue weighted by Gasteiger charge is 2.58. The van der Waals surface area contributed by atoms with E-state index in [1.54, 1.807) is 0 Å². The lowest BCUT2D eigenvalue weighted by Crippen LogP contribution is -2.65. The van der Waals surface area contributed by atoms with Crippen LogP contribution in [0.25, 0.3) is 0 Å². The molecule has 20 heavy (non-hydrogen) atoms. The maximum atomic E-state index is 6.49. The van der Waals surface area contributed by atoms with Crippen molar-refractivity contribution in [2.45, 2.75) is 84.3 Å². The summed E-state index contributed by atoms with van der Waals surface area (Å²) in [5.41, 5.74) is 0.644. The molecule has 1 aliphatic carbocycles. The quantitative estimate of drug-likeness (QED) is 0.690. The van der Waals surface area contributed by atoms with Crippen LogP contribution in [0.5, 0.6) is 0 Å². The Labute approximate surface area is 126 Å². The van der Waals surface area contributed by atoms with Gasteiger partial charge >= 0.3 is 8.72 Å². The molecule has 0 bridgehead atoms. The summed E-state index contributed by atoms with van der Waals surface area (Å²) in [5.74, 6) is 0.750. The van der Waals surface area contributed by atoms with Crippen LogP contribution in [0, 0.1) is 5.92 Å². The zero-order valence-electron chi connectivity index (χ0n) is 14.0. The van der Waals surface area contributed by atoms with Gasteiger partial charge in [0.2, 0.25) is 0 Å². The summed E-state index contributed by atoms with van der Waals surface area (Å²) in [5, 5.41) is 0. The molecule has 2 fully saturated rings. The molecule has 0 N–H and O–H groups in total. The predicted octanol–water partition coefficient (Wildman–Crippen LogP) is 4.06. The van der Waals surface area contributed by atoms with Gasteiger partial charge < -0.3 is 8.85 Å². The summed E-state index contributed by atoms with van der Waals surface area (Å²) in [6.07, 6.45) is 6.56. The Morgan fingerprint density at radius 2 is 1.45 bits per heavy atom. The molecule has 3 nitrogen and oxygen atoms in total. The number of hydrogen-bond donors (Lipinski definition) is 0. The molecule has 0 aromatic carbocycles. The molecule has 118 valence electrons. The van der Waals surface area contributed by atoms with Gasteiger partial charge in [0.25, 0.3) is 0 Å². The third-order valence-electron chi connectivity index (χ3n) is 5.34. The lowest BCUT2D eigenvalue weighted by Gasteiger charge is -2.46. The zero-order valence-corrected chi connectivity index (χ0v) is 15.0. The molecule has 4 heteroatoms. The van der Waals surface area contributed by atoms with Crippen LogP contribution in [0.2, 0.25) is 5.54 Å². The van der Waals surface area contributed by atoms with Crippen molar-refractivity contribution < 1.29 is 8.85 Å². The molecule has 2 rings (SSSR count). The van der Waals surface area contributed by atoms with Gasteiger partial charge in [0.05, 0.1) is 0 Å². The second-order valence-corrected chi connectivity index (χ2v) is 9.79. The fourth-order valence-corrected chi connectivity index (χ4v) is 9.47. The fraction of sp³-hybridized carbons (Fsp3) is 1.00. The predicted molar refractivity (Wildman–Crippen MR) is 85.8 cm³/mol. The smallest absolute Gasteiger partial charge is 0.383 e. The third kappa shape index (κ3) is 2.85. The van der Waals surface area contributed by atoms with E-state index in [2.05, 4.69) is 39.2 Å². The van der Waals surface area contributed by atoms with Gasteiger partial charge in [0, 0.05) is 30.8 Å². The van der Waals surface area contributed by atoms with Crippen molar-refractivity contribution in [3.63, 3.8) is 0 Å². The highest BCUT2D eigenvalue weighted by Crippen LogP contribution is 2.48. The van der Waals surface area contributed by atoms with Crippen LogP contribution in [0.1, 0.15) is 66.7 Å². The maximum absolute atomic E-state index is 6.49. The molecule has 4 unspecified atom stereocenters. The first kappa shape index (κ1) is 16.5. The van der Waals surface area contributed by atoms with E-state index in [1.807, 2.05) is 0 Å². The Bertz CT molecular complexity index is 297. The Morgan fingerprint density at radius 1 is 0.900 bits per heavy atom. The van der Waals surface area contributed by atoms with Gasteiger partial charge in [-0.2, -0.15) is 0 Å². The molecule has 0 aromatic heterocycles. The third-order valence-corrected chi connectivity index (χ3v) is 10.1. The standard InChI is InChI=1S/C16H33NO2Si/c1-6-18-20(19-7-2,16-10-8-9-13(16)3)17-14(4)11-12-15(17)5/h13-16H,6-12H2,1-5H3. The molecule has 0 spiro atoms. The molecule has 1 saturated carbocycles. The first-order chi connectivity index (χ1) is 9.56. The lowest BCUT2D eigenvalue weighted by atomic mass is 10.1. The van der Waals surface area contributed by atoms with Crippen molar-refractivity contribution in [3.05, 3.63) is 0 Å². The summed E-state index contributed by atoms with van der Waals surface area (Å²) in [6.45, 7) is 13.0. The van der Waals surface area contributed by atoms with E-state index in [-0.39, 0.29) is 0 Å². The van der Waals surface area contributed by atoms with Crippen LogP contribution >= 0.6 is 0 Å². The van der Waals surface area contributed by atoms with Gasteiger partial charge in [-0.3, -0.25) is 4.57 Å². The second-order valence-electron chi connectivity index (χ2n) is 6.69. The van der Waals surface area contributed by atoms with Gasteiger partial charge in [0.15, 0.2) is 0 Å². The molecular formula is C16H33NO2Si. The SMILES string of the molecule is CCO[Si](OCC)(C1CCCC1C)N1C(C)CCC1C. The monoisotopic (exact) mass is 299 g/mol. The van der Waals surface area contributed by atoms with Crippen molar-refractivity contribution in [3.8, 4) is 0 Å². The van der Waals surface area contributed by atoms with E-state index in [9.17, 15) is 0 Å². The molecule has 0 radical (unpaired) electrons. The van der Waals surface area contributed by atoms with Gasteiger partial charge in [-0.15, -0.1) is 0 Å². The molecule has 0 amide bonds. The van der Waals surface area contributed by atoms with Crippen molar-refractivity contribution in [2.24, 2.45) is 5.92 Å². The highest BCUT2D eigenvalue weighted by atomic mass is 28.4. The fourth-order valence-electron chi connectivity index (χ4n) is 4.51. The normalized spacial score (nSPS) is 35.9. The average Bonchev–Trinajstić information content (AvgIpc) is 2.96. The van der Waals surface area contributed by atoms with Gasteiger partial charge in [-0.1, -0.05) is 19.8 Å². The number of hydrogen-bond acceptors (Lipinski definition) is 3. The van der Waals surface area contributed by atoms with Crippen LogP contribution in [-0.4, -0.2) is 38.6 Å². The summed E-state index contributed by atoms with van der Waals surface area (Å²) in [7, 11) is -2.29. The van der Waals surface area contributed by atoms with Gasteiger partial charge in [-0.25, -0.2) is 0 Å². The van der Waals surface area contributed by atoms with E-state index in [1.165, 1.54) is 32.1 Å². The lowest BCUT2D eigenvalue weighted by molar-refractivity contribution is 0.0893. The van der Waals surface area contributed by atoms with Gasteiger partial charge in [0.1, 0.15) is 0 Å². The highest BCUT2D eigenvalue weighted by molar-refractivity contribution is 6.66. The van der Waals surface area contributed by atoms with Crippen molar-refractivity contribution in [2.75, 3.05) is 13.2 Å². The largest absolute Gasteiger partial charge is 0.431 e. The second kappa shape index (κ2) is 6.90. The summed E-state index contributed by atoms with van der Waals surface area (Å²) in [6, 6.07) is 1.23. The Kier molecular flexibility index (Phi) is 5.68. The Balaban J connectivity index is 2.35. The van der Waals surface area contributed by atoms with Crippen molar-refractivity contribution in [1.29, 1.82) is 0 Å². The van der Waals surface area contributed by atoms with Crippen LogP contribution in [0.3, 0.4) is 0 Å².